The highest BCUT2D eigenvalue weighted by molar-refractivity contribution is 5.91. The zero-order valence-corrected chi connectivity index (χ0v) is 10.3. The van der Waals surface area contributed by atoms with Crippen LogP contribution in [0, 0.1) is 6.92 Å². The zero-order valence-electron chi connectivity index (χ0n) is 10.3. The molecule has 7 nitrogen and oxygen atoms in total. The molecular formula is C11H14N6O. The van der Waals surface area contributed by atoms with Crippen LogP contribution in [0.25, 0.3) is 0 Å². The monoisotopic (exact) mass is 246 g/mol. The zero-order chi connectivity index (χ0) is 13.0. The summed E-state index contributed by atoms with van der Waals surface area (Å²) >= 11 is 0. The van der Waals surface area contributed by atoms with Crippen LogP contribution in [-0.2, 0) is 13.1 Å². The third kappa shape index (κ3) is 2.68. The molecule has 1 amide bonds. The first-order valence-corrected chi connectivity index (χ1v) is 5.64. The standard InChI is InChI=1S/C11H14N6O/c1-3-17-7-15-16-10(17)6-14-11(18)9-5-12-8(2)4-13-9/h4-5,7H,3,6H2,1-2H3,(H,14,18). The molecule has 1 N–H and O–H groups in total. The van der Waals surface area contributed by atoms with Crippen molar-refractivity contribution in [3.8, 4) is 0 Å². The van der Waals surface area contributed by atoms with Crippen molar-refractivity contribution >= 4 is 5.91 Å². The van der Waals surface area contributed by atoms with E-state index in [0.717, 1.165) is 12.2 Å². The van der Waals surface area contributed by atoms with Crippen molar-refractivity contribution in [1.82, 2.24) is 30.0 Å². The number of nitrogens with zero attached hydrogens (tertiary/aromatic N) is 5. The molecule has 0 fully saturated rings. The number of rotatable bonds is 4. The van der Waals surface area contributed by atoms with Gasteiger partial charge in [-0.3, -0.25) is 9.78 Å². The Balaban J connectivity index is 1.98. The second kappa shape index (κ2) is 5.35. The van der Waals surface area contributed by atoms with Crippen LogP contribution >= 0.6 is 0 Å². The Bertz CT molecular complexity index is 533. The molecule has 0 bridgehead atoms. The summed E-state index contributed by atoms with van der Waals surface area (Å²) < 4.78 is 1.86. The molecule has 94 valence electrons. The lowest BCUT2D eigenvalue weighted by Crippen LogP contribution is -2.25. The summed E-state index contributed by atoms with van der Waals surface area (Å²) in [5.74, 6) is 0.444. The maximum absolute atomic E-state index is 11.8. The van der Waals surface area contributed by atoms with Crippen LogP contribution in [0.15, 0.2) is 18.7 Å². The lowest BCUT2D eigenvalue weighted by atomic mass is 10.4. The molecule has 18 heavy (non-hydrogen) atoms. The minimum absolute atomic E-state index is 0.270. The molecule has 7 heteroatoms. The smallest absolute Gasteiger partial charge is 0.271 e. The van der Waals surface area contributed by atoms with Gasteiger partial charge in [0.1, 0.15) is 12.0 Å². The summed E-state index contributed by atoms with van der Waals surface area (Å²) in [6.07, 6.45) is 4.64. The van der Waals surface area contributed by atoms with E-state index in [0.29, 0.717) is 18.1 Å². The van der Waals surface area contributed by atoms with E-state index in [1.807, 2.05) is 18.4 Å². The molecule has 2 aromatic rings. The Hall–Kier alpha value is -2.31. The number of nitrogens with one attached hydrogen (secondary N) is 1. The van der Waals surface area contributed by atoms with Crippen molar-refractivity contribution in [3.05, 3.63) is 35.9 Å². The second-order valence-electron chi connectivity index (χ2n) is 3.76. The van der Waals surface area contributed by atoms with E-state index < -0.39 is 0 Å². The number of carbonyl (C=O) groups is 1. The van der Waals surface area contributed by atoms with Crippen LogP contribution in [0.5, 0.6) is 0 Å². The number of aryl methyl sites for hydroxylation is 2. The van der Waals surface area contributed by atoms with Gasteiger partial charge in [-0.05, 0) is 13.8 Å². The van der Waals surface area contributed by atoms with Crippen LogP contribution in [0.1, 0.15) is 28.9 Å². The van der Waals surface area contributed by atoms with E-state index >= 15 is 0 Å². The first kappa shape index (κ1) is 12.2. The van der Waals surface area contributed by atoms with E-state index in [2.05, 4.69) is 25.5 Å². The number of amides is 1. The van der Waals surface area contributed by atoms with Gasteiger partial charge in [0.15, 0.2) is 5.82 Å². The maximum atomic E-state index is 11.8. The fourth-order valence-electron chi connectivity index (χ4n) is 1.44. The van der Waals surface area contributed by atoms with Crippen LogP contribution in [-0.4, -0.2) is 30.6 Å². The Kier molecular flexibility index (Phi) is 3.61. The predicted molar refractivity (Wildman–Crippen MR) is 63.6 cm³/mol. The maximum Gasteiger partial charge on any atom is 0.271 e. The van der Waals surface area contributed by atoms with Crippen LogP contribution in [0.2, 0.25) is 0 Å². The van der Waals surface area contributed by atoms with Gasteiger partial charge in [-0.2, -0.15) is 0 Å². The highest BCUT2D eigenvalue weighted by Crippen LogP contribution is 1.97. The van der Waals surface area contributed by atoms with Crippen molar-refractivity contribution in [3.63, 3.8) is 0 Å². The summed E-state index contributed by atoms with van der Waals surface area (Å²) in [5, 5.41) is 10.4. The average molecular weight is 246 g/mol. The van der Waals surface area contributed by atoms with Crippen molar-refractivity contribution in [2.75, 3.05) is 0 Å². The number of hydrogen-bond acceptors (Lipinski definition) is 5. The lowest BCUT2D eigenvalue weighted by molar-refractivity contribution is 0.0944. The quantitative estimate of drug-likeness (QED) is 0.840. The Morgan fingerprint density at radius 3 is 2.89 bits per heavy atom. The van der Waals surface area contributed by atoms with Gasteiger partial charge >= 0.3 is 0 Å². The molecule has 2 aromatic heterocycles. The molecule has 0 aliphatic heterocycles. The number of carbonyl (C=O) groups excluding carboxylic acids is 1. The van der Waals surface area contributed by atoms with Gasteiger partial charge in [0, 0.05) is 12.7 Å². The number of aromatic nitrogens is 5. The first-order valence-electron chi connectivity index (χ1n) is 5.64. The van der Waals surface area contributed by atoms with Gasteiger partial charge in [-0.15, -0.1) is 10.2 Å². The molecule has 0 spiro atoms. The van der Waals surface area contributed by atoms with Gasteiger partial charge in [-0.1, -0.05) is 0 Å². The lowest BCUT2D eigenvalue weighted by Gasteiger charge is -2.05. The second-order valence-corrected chi connectivity index (χ2v) is 3.76. The fraction of sp³-hybridized carbons (Fsp3) is 0.364. The highest BCUT2D eigenvalue weighted by Gasteiger charge is 2.09. The summed E-state index contributed by atoms with van der Waals surface area (Å²) in [6.45, 7) is 4.89. The average Bonchev–Trinajstić information content (AvgIpc) is 2.84. The van der Waals surface area contributed by atoms with Crippen LogP contribution < -0.4 is 5.32 Å². The molecule has 0 saturated carbocycles. The van der Waals surface area contributed by atoms with Crippen molar-refractivity contribution in [1.29, 1.82) is 0 Å². The van der Waals surface area contributed by atoms with Gasteiger partial charge in [0.05, 0.1) is 18.4 Å². The van der Waals surface area contributed by atoms with Gasteiger partial charge in [-0.25, -0.2) is 4.98 Å². The van der Waals surface area contributed by atoms with Gasteiger partial charge < -0.3 is 9.88 Å². The molecule has 0 aliphatic carbocycles. The van der Waals surface area contributed by atoms with Gasteiger partial charge in [0.2, 0.25) is 0 Å². The normalized spacial score (nSPS) is 10.3. The minimum Gasteiger partial charge on any atom is -0.343 e. The molecule has 0 unspecified atom stereocenters. The van der Waals surface area contributed by atoms with E-state index in [-0.39, 0.29) is 5.91 Å². The van der Waals surface area contributed by atoms with Crippen LogP contribution in [0.4, 0.5) is 0 Å². The summed E-state index contributed by atoms with van der Waals surface area (Å²) in [5.41, 5.74) is 1.07. The summed E-state index contributed by atoms with van der Waals surface area (Å²) in [7, 11) is 0. The highest BCUT2D eigenvalue weighted by atomic mass is 16.1. The van der Waals surface area contributed by atoms with Crippen LogP contribution in [0.3, 0.4) is 0 Å². The largest absolute Gasteiger partial charge is 0.343 e. The molecule has 2 rings (SSSR count). The molecule has 0 saturated heterocycles. The Morgan fingerprint density at radius 1 is 1.39 bits per heavy atom. The third-order valence-corrected chi connectivity index (χ3v) is 2.46. The number of hydrogen-bond donors (Lipinski definition) is 1. The van der Waals surface area contributed by atoms with E-state index in [1.165, 1.54) is 6.20 Å². The SMILES string of the molecule is CCn1cnnc1CNC(=O)c1cnc(C)cn1. The molecule has 0 radical (unpaired) electrons. The van der Waals surface area contributed by atoms with Crippen molar-refractivity contribution in [2.45, 2.75) is 26.9 Å². The summed E-state index contributed by atoms with van der Waals surface area (Å²) in [4.78, 5) is 19.8. The molecule has 2 heterocycles. The third-order valence-electron chi connectivity index (χ3n) is 2.46. The molecule has 0 aromatic carbocycles. The molecule has 0 atom stereocenters. The topological polar surface area (TPSA) is 85.6 Å². The van der Waals surface area contributed by atoms with Gasteiger partial charge in [0.25, 0.3) is 5.91 Å². The van der Waals surface area contributed by atoms with Crippen molar-refractivity contribution in [2.24, 2.45) is 0 Å². The van der Waals surface area contributed by atoms with E-state index in [4.69, 9.17) is 0 Å². The Labute approximate surface area is 104 Å². The van der Waals surface area contributed by atoms with E-state index in [9.17, 15) is 4.79 Å². The van der Waals surface area contributed by atoms with Crippen molar-refractivity contribution < 1.29 is 4.79 Å². The summed E-state index contributed by atoms with van der Waals surface area (Å²) in [6, 6.07) is 0. The Morgan fingerprint density at radius 2 is 2.22 bits per heavy atom. The predicted octanol–water partition coefficient (Wildman–Crippen LogP) is 0.326. The fourth-order valence-corrected chi connectivity index (χ4v) is 1.44. The molecular weight excluding hydrogens is 232 g/mol. The molecule has 0 aliphatic rings. The minimum atomic E-state index is -0.270. The van der Waals surface area contributed by atoms with E-state index in [1.54, 1.807) is 12.5 Å². The first-order chi connectivity index (χ1) is 8.70.